The van der Waals surface area contributed by atoms with Crippen molar-refractivity contribution in [1.29, 1.82) is 0 Å². The zero-order chi connectivity index (χ0) is 15.1. The SMILES string of the molecule is C=CC(C)CC(CCOC(=C)C)C(=O)N[S+]([O-])C1CC1. The van der Waals surface area contributed by atoms with Gasteiger partial charge in [-0.15, -0.1) is 6.58 Å². The van der Waals surface area contributed by atoms with Crippen molar-refractivity contribution in [2.75, 3.05) is 6.61 Å². The summed E-state index contributed by atoms with van der Waals surface area (Å²) in [6.45, 7) is 11.7. The minimum absolute atomic E-state index is 0.144. The Morgan fingerprint density at radius 2 is 2.25 bits per heavy atom. The molecule has 0 spiro atoms. The van der Waals surface area contributed by atoms with Gasteiger partial charge in [0.1, 0.15) is 5.25 Å². The van der Waals surface area contributed by atoms with Gasteiger partial charge in [0.25, 0.3) is 5.91 Å². The van der Waals surface area contributed by atoms with E-state index in [0.29, 0.717) is 25.2 Å². The molecular formula is C15H25NO3S. The molecule has 1 amide bonds. The van der Waals surface area contributed by atoms with Crippen molar-refractivity contribution in [3.8, 4) is 0 Å². The van der Waals surface area contributed by atoms with E-state index in [0.717, 1.165) is 12.8 Å². The van der Waals surface area contributed by atoms with Gasteiger partial charge in [-0.25, -0.2) is 0 Å². The average molecular weight is 299 g/mol. The molecule has 114 valence electrons. The predicted molar refractivity (Wildman–Crippen MR) is 82.2 cm³/mol. The maximum Gasteiger partial charge on any atom is 0.264 e. The molecule has 0 bridgehead atoms. The summed E-state index contributed by atoms with van der Waals surface area (Å²) in [7, 11) is 0. The number of hydrogen-bond donors (Lipinski definition) is 1. The Bertz CT molecular complexity index is 355. The molecule has 0 aromatic rings. The number of carbonyl (C=O) groups is 1. The fraction of sp³-hybridized carbons (Fsp3) is 0.667. The van der Waals surface area contributed by atoms with E-state index in [9.17, 15) is 9.35 Å². The maximum atomic E-state index is 12.2. The number of amides is 1. The van der Waals surface area contributed by atoms with Crippen molar-refractivity contribution in [2.45, 2.75) is 44.8 Å². The lowest BCUT2D eigenvalue weighted by Gasteiger charge is -2.20. The fourth-order valence-corrected chi connectivity index (χ4v) is 2.92. The molecule has 1 aliphatic carbocycles. The van der Waals surface area contributed by atoms with Crippen LogP contribution in [0, 0.1) is 11.8 Å². The van der Waals surface area contributed by atoms with Crippen molar-refractivity contribution in [3.05, 3.63) is 25.0 Å². The maximum absolute atomic E-state index is 12.2. The predicted octanol–water partition coefficient (Wildman–Crippen LogP) is 2.70. The largest absolute Gasteiger partial charge is 0.593 e. The Labute approximate surface area is 125 Å². The van der Waals surface area contributed by atoms with Crippen molar-refractivity contribution in [2.24, 2.45) is 11.8 Å². The molecular weight excluding hydrogens is 274 g/mol. The lowest BCUT2D eigenvalue weighted by atomic mass is 9.93. The minimum Gasteiger partial charge on any atom is -0.593 e. The molecule has 0 aromatic carbocycles. The summed E-state index contributed by atoms with van der Waals surface area (Å²) in [5.41, 5.74) is 0. The summed E-state index contributed by atoms with van der Waals surface area (Å²) in [5.74, 6) is 0.534. The number of nitrogens with one attached hydrogen (secondary N) is 1. The summed E-state index contributed by atoms with van der Waals surface area (Å²) in [6.07, 6.45) is 5.01. The molecule has 3 unspecified atom stereocenters. The minimum atomic E-state index is -1.23. The van der Waals surface area contributed by atoms with E-state index in [1.165, 1.54) is 0 Å². The van der Waals surface area contributed by atoms with Gasteiger partial charge in [-0.1, -0.05) is 19.6 Å². The number of rotatable bonds is 10. The van der Waals surface area contributed by atoms with Crippen molar-refractivity contribution >= 4 is 17.3 Å². The van der Waals surface area contributed by atoms with Crippen molar-refractivity contribution in [3.63, 3.8) is 0 Å². The van der Waals surface area contributed by atoms with Crippen LogP contribution in [0.25, 0.3) is 0 Å². The van der Waals surface area contributed by atoms with Crippen LogP contribution >= 0.6 is 0 Å². The van der Waals surface area contributed by atoms with Gasteiger partial charge in [0.15, 0.2) is 0 Å². The van der Waals surface area contributed by atoms with Gasteiger partial charge in [-0.05, 0) is 25.7 Å². The van der Waals surface area contributed by atoms with E-state index in [1.54, 1.807) is 6.92 Å². The van der Waals surface area contributed by atoms with Crippen molar-refractivity contribution in [1.82, 2.24) is 4.72 Å². The number of carbonyl (C=O) groups excluding carboxylic acids is 1. The molecule has 5 heteroatoms. The first-order chi connectivity index (χ1) is 9.43. The fourth-order valence-electron chi connectivity index (χ4n) is 1.82. The van der Waals surface area contributed by atoms with Crippen LogP contribution in [0.5, 0.6) is 0 Å². The molecule has 0 aliphatic heterocycles. The lowest BCUT2D eigenvalue weighted by Crippen LogP contribution is -2.38. The van der Waals surface area contributed by atoms with Crippen LogP contribution in [0.4, 0.5) is 0 Å². The first-order valence-corrected chi connectivity index (χ1v) is 8.27. The van der Waals surface area contributed by atoms with Crippen LogP contribution in [-0.2, 0) is 20.9 Å². The Balaban J connectivity index is 2.47. The third kappa shape index (κ3) is 6.48. The summed E-state index contributed by atoms with van der Waals surface area (Å²) in [4.78, 5) is 12.2. The Hall–Kier alpha value is -0.940. The summed E-state index contributed by atoms with van der Waals surface area (Å²) in [6, 6.07) is 0. The zero-order valence-corrected chi connectivity index (χ0v) is 13.2. The van der Waals surface area contributed by atoms with E-state index >= 15 is 0 Å². The highest BCUT2D eigenvalue weighted by Crippen LogP contribution is 2.28. The quantitative estimate of drug-likeness (QED) is 0.383. The van der Waals surface area contributed by atoms with Gasteiger partial charge >= 0.3 is 0 Å². The molecule has 20 heavy (non-hydrogen) atoms. The highest BCUT2D eigenvalue weighted by molar-refractivity contribution is 7.90. The summed E-state index contributed by atoms with van der Waals surface area (Å²) in [5, 5.41) is 0.156. The molecule has 0 saturated heterocycles. The van der Waals surface area contributed by atoms with E-state index in [2.05, 4.69) is 17.9 Å². The molecule has 0 aromatic heterocycles. The molecule has 1 saturated carbocycles. The third-order valence-electron chi connectivity index (χ3n) is 3.27. The standard InChI is InChI=1S/C15H25NO3S/c1-5-12(4)10-13(8-9-19-11(2)3)15(17)16-20(18)14-6-7-14/h5,12-14H,1-2,6-10H2,3-4H3,(H,16,17). The van der Waals surface area contributed by atoms with E-state index < -0.39 is 11.4 Å². The van der Waals surface area contributed by atoms with Crippen LogP contribution in [0.2, 0.25) is 0 Å². The second kappa shape index (κ2) is 8.37. The van der Waals surface area contributed by atoms with Crippen molar-refractivity contribution < 1.29 is 14.1 Å². The summed E-state index contributed by atoms with van der Waals surface area (Å²) >= 11 is -1.23. The molecule has 0 radical (unpaired) electrons. The molecule has 1 aliphatic rings. The second-order valence-electron chi connectivity index (χ2n) is 5.45. The molecule has 1 fully saturated rings. The number of ether oxygens (including phenoxy) is 1. The van der Waals surface area contributed by atoms with E-state index in [1.807, 2.05) is 13.0 Å². The van der Waals surface area contributed by atoms with Gasteiger partial charge in [0.2, 0.25) is 0 Å². The smallest absolute Gasteiger partial charge is 0.264 e. The monoisotopic (exact) mass is 299 g/mol. The van der Waals surface area contributed by atoms with Crippen LogP contribution in [0.3, 0.4) is 0 Å². The topological polar surface area (TPSA) is 61.4 Å². The van der Waals surface area contributed by atoms with E-state index in [4.69, 9.17) is 4.74 Å². The first-order valence-electron chi connectivity index (χ1n) is 7.06. The highest BCUT2D eigenvalue weighted by atomic mass is 32.2. The van der Waals surface area contributed by atoms with Crippen LogP contribution in [0.15, 0.2) is 25.0 Å². The molecule has 4 nitrogen and oxygen atoms in total. The van der Waals surface area contributed by atoms with Gasteiger partial charge in [-0.2, -0.15) is 4.72 Å². The van der Waals surface area contributed by atoms with Crippen LogP contribution < -0.4 is 4.72 Å². The average Bonchev–Trinajstić information content (AvgIpc) is 3.20. The Morgan fingerprint density at radius 1 is 1.60 bits per heavy atom. The van der Waals surface area contributed by atoms with Gasteiger partial charge in [-0.3, -0.25) is 4.79 Å². The highest BCUT2D eigenvalue weighted by Gasteiger charge is 2.37. The second-order valence-corrected chi connectivity index (χ2v) is 6.91. The van der Waals surface area contributed by atoms with Crippen LogP contribution in [0.1, 0.15) is 39.5 Å². The molecule has 0 heterocycles. The van der Waals surface area contributed by atoms with Gasteiger partial charge < -0.3 is 9.29 Å². The van der Waals surface area contributed by atoms with Crippen LogP contribution in [-0.4, -0.2) is 22.3 Å². The zero-order valence-electron chi connectivity index (χ0n) is 12.4. The molecule has 1 rings (SSSR count). The molecule has 1 N–H and O–H groups in total. The van der Waals surface area contributed by atoms with E-state index in [-0.39, 0.29) is 23.0 Å². The number of allylic oxidation sites excluding steroid dienone is 2. The lowest BCUT2D eigenvalue weighted by molar-refractivity contribution is -0.124. The molecule has 3 atom stereocenters. The Morgan fingerprint density at radius 3 is 2.75 bits per heavy atom. The Kier molecular flexibility index (Phi) is 7.16. The first kappa shape index (κ1) is 17.1. The normalized spacial score (nSPS) is 18.8. The van der Waals surface area contributed by atoms with Gasteiger partial charge in [0.05, 0.1) is 23.7 Å². The number of hydrogen-bond acceptors (Lipinski definition) is 3. The van der Waals surface area contributed by atoms with Gasteiger partial charge in [0, 0.05) is 18.8 Å². The third-order valence-corrected chi connectivity index (χ3v) is 4.75. The summed E-state index contributed by atoms with van der Waals surface area (Å²) < 4.78 is 19.7.